The lowest BCUT2D eigenvalue weighted by atomic mass is 10.00. The van der Waals surface area contributed by atoms with Gasteiger partial charge in [-0.05, 0) is 58.4 Å². The molecule has 0 bridgehead atoms. The number of fused-ring (bicyclic) bond motifs is 1. The zero-order valence-corrected chi connectivity index (χ0v) is 20.1. The first-order valence-corrected chi connectivity index (χ1v) is 11.3. The summed E-state index contributed by atoms with van der Waals surface area (Å²) in [5.41, 5.74) is 3.58. The molecule has 0 amide bonds. The fourth-order valence-electron chi connectivity index (χ4n) is 3.93. The van der Waals surface area contributed by atoms with E-state index < -0.39 is 11.6 Å². The maximum absolute atomic E-state index is 13.0. The third-order valence-corrected chi connectivity index (χ3v) is 5.44. The third-order valence-electron chi connectivity index (χ3n) is 5.44. The van der Waals surface area contributed by atoms with Crippen LogP contribution >= 0.6 is 0 Å². The number of hydrogen-bond donors (Lipinski definition) is 1. The van der Waals surface area contributed by atoms with Crippen LogP contribution in [0.15, 0.2) is 82.0 Å². The lowest BCUT2D eigenvalue weighted by Gasteiger charge is -2.22. The normalized spacial score (nSPS) is 12.4. The number of ether oxygens (including phenoxy) is 1. The van der Waals surface area contributed by atoms with E-state index in [0.29, 0.717) is 28.0 Å². The quantitative estimate of drug-likeness (QED) is 0.332. The highest BCUT2D eigenvalue weighted by Crippen LogP contribution is 2.31. The number of carbonyl (C=O) groups is 1. The van der Waals surface area contributed by atoms with Gasteiger partial charge in [0.25, 0.3) is 0 Å². The van der Waals surface area contributed by atoms with Gasteiger partial charge in [-0.15, -0.1) is 0 Å². The van der Waals surface area contributed by atoms with Crippen LogP contribution in [0.5, 0.6) is 0 Å². The van der Waals surface area contributed by atoms with Crippen molar-refractivity contribution in [2.24, 2.45) is 0 Å². The van der Waals surface area contributed by atoms with Gasteiger partial charge in [0.15, 0.2) is 5.43 Å². The first-order valence-electron chi connectivity index (χ1n) is 11.3. The molecule has 4 rings (SSSR count). The second-order valence-electron chi connectivity index (χ2n) is 9.49. The molecule has 0 radical (unpaired) electrons. The van der Waals surface area contributed by atoms with Crippen LogP contribution in [-0.4, -0.2) is 11.6 Å². The van der Waals surface area contributed by atoms with Crippen LogP contribution in [-0.2, 0) is 4.74 Å². The standard InChI is InChI=1S/C29H29NO4/c1-18-15-22(19(2)30-24-14-10-9-13-21(24)28(32)34-29(3,4)5)27-23(16-18)25(31)17-26(33-27)20-11-7-6-8-12-20/h6-17,19,30H,1-5H3. The minimum absolute atomic E-state index is 0.0913. The van der Waals surface area contributed by atoms with Gasteiger partial charge in [-0.2, -0.15) is 0 Å². The lowest BCUT2D eigenvalue weighted by molar-refractivity contribution is 0.00706. The molecule has 0 aliphatic heterocycles. The van der Waals surface area contributed by atoms with Gasteiger partial charge in [0, 0.05) is 22.9 Å². The summed E-state index contributed by atoms with van der Waals surface area (Å²) < 4.78 is 11.9. The Balaban J connectivity index is 1.77. The Hall–Kier alpha value is -3.86. The highest BCUT2D eigenvalue weighted by Gasteiger charge is 2.22. The summed E-state index contributed by atoms with van der Waals surface area (Å²) in [6.07, 6.45) is 0. The molecule has 34 heavy (non-hydrogen) atoms. The van der Waals surface area contributed by atoms with Crippen molar-refractivity contribution in [3.63, 3.8) is 0 Å². The van der Waals surface area contributed by atoms with Gasteiger partial charge in [-0.1, -0.05) is 48.5 Å². The van der Waals surface area contributed by atoms with Crippen molar-refractivity contribution in [3.8, 4) is 11.3 Å². The average molecular weight is 456 g/mol. The Morgan fingerprint density at radius 3 is 2.35 bits per heavy atom. The van der Waals surface area contributed by atoms with Gasteiger partial charge in [-0.25, -0.2) is 4.79 Å². The summed E-state index contributed by atoms with van der Waals surface area (Å²) in [4.78, 5) is 25.8. The molecule has 174 valence electrons. The zero-order valence-electron chi connectivity index (χ0n) is 20.1. The van der Waals surface area contributed by atoms with E-state index in [-0.39, 0.29) is 11.5 Å². The predicted octanol–water partition coefficient (Wildman–Crippen LogP) is 6.90. The summed E-state index contributed by atoms with van der Waals surface area (Å²) >= 11 is 0. The molecule has 0 saturated heterocycles. The molecule has 0 saturated carbocycles. The summed E-state index contributed by atoms with van der Waals surface area (Å²) in [7, 11) is 0. The molecular weight excluding hydrogens is 426 g/mol. The predicted molar refractivity (Wildman–Crippen MR) is 136 cm³/mol. The first kappa shape index (κ1) is 23.3. The number of carbonyl (C=O) groups excluding carboxylic acids is 1. The SMILES string of the molecule is Cc1cc(C(C)Nc2ccccc2C(=O)OC(C)(C)C)c2oc(-c3ccccc3)cc(=O)c2c1. The second-order valence-corrected chi connectivity index (χ2v) is 9.49. The van der Waals surface area contributed by atoms with Gasteiger partial charge in [0.05, 0.1) is 17.0 Å². The van der Waals surface area contributed by atoms with Crippen LogP contribution in [0.3, 0.4) is 0 Å². The fraction of sp³-hybridized carbons (Fsp3) is 0.241. The molecule has 0 spiro atoms. The van der Waals surface area contributed by atoms with Crippen molar-refractivity contribution < 1.29 is 13.9 Å². The molecule has 1 N–H and O–H groups in total. The number of rotatable bonds is 5. The van der Waals surface area contributed by atoms with Gasteiger partial charge >= 0.3 is 5.97 Å². The van der Waals surface area contributed by atoms with Crippen molar-refractivity contribution in [2.45, 2.75) is 46.3 Å². The first-order chi connectivity index (χ1) is 16.1. The van der Waals surface area contributed by atoms with Crippen molar-refractivity contribution in [1.29, 1.82) is 0 Å². The van der Waals surface area contributed by atoms with Crippen LogP contribution in [0.25, 0.3) is 22.3 Å². The minimum atomic E-state index is -0.597. The van der Waals surface area contributed by atoms with Gasteiger partial charge in [-0.3, -0.25) is 4.79 Å². The van der Waals surface area contributed by atoms with Crippen molar-refractivity contribution in [3.05, 3.63) is 99.7 Å². The molecule has 5 heteroatoms. The maximum atomic E-state index is 13.0. The van der Waals surface area contributed by atoms with Crippen LogP contribution in [0.1, 0.15) is 55.2 Å². The van der Waals surface area contributed by atoms with E-state index >= 15 is 0 Å². The molecule has 1 heterocycles. The van der Waals surface area contributed by atoms with E-state index in [1.54, 1.807) is 6.07 Å². The Bertz CT molecular complexity index is 1400. The lowest BCUT2D eigenvalue weighted by Crippen LogP contribution is -2.24. The number of hydrogen-bond acceptors (Lipinski definition) is 5. The highest BCUT2D eigenvalue weighted by molar-refractivity contribution is 5.96. The van der Waals surface area contributed by atoms with Crippen LogP contribution in [0.2, 0.25) is 0 Å². The minimum Gasteiger partial charge on any atom is -0.456 e. The topological polar surface area (TPSA) is 68.5 Å². The Labute approximate surface area is 199 Å². The average Bonchev–Trinajstić information content (AvgIpc) is 2.78. The largest absolute Gasteiger partial charge is 0.456 e. The fourth-order valence-corrected chi connectivity index (χ4v) is 3.93. The van der Waals surface area contributed by atoms with E-state index in [1.807, 2.05) is 95.3 Å². The van der Waals surface area contributed by atoms with Crippen LogP contribution in [0.4, 0.5) is 5.69 Å². The summed E-state index contributed by atoms with van der Waals surface area (Å²) in [6.45, 7) is 9.46. The molecule has 0 fully saturated rings. The Morgan fingerprint density at radius 1 is 0.971 bits per heavy atom. The monoisotopic (exact) mass is 455 g/mol. The number of aryl methyl sites for hydroxylation is 1. The van der Waals surface area contributed by atoms with E-state index in [0.717, 1.165) is 16.7 Å². The summed E-state index contributed by atoms with van der Waals surface area (Å²) in [5.74, 6) is 0.124. The van der Waals surface area contributed by atoms with Crippen LogP contribution < -0.4 is 10.7 Å². The van der Waals surface area contributed by atoms with E-state index in [9.17, 15) is 9.59 Å². The van der Waals surface area contributed by atoms with Crippen molar-refractivity contribution in [2.75, 3.05) is 5.32 Å². The molecule has 5 nitrogen and oxygen atoms in total. The number of anilines is 1. The summed E-state index contributed by atoms with van der Waals surface area (Å²) in [5, 5.41) is 3.96. The molecular formula is C29H29NO4. The van der Waals surface area contributed by atoms with E-state index in [2.05, 4.69) is 5.32 Å². The number of esters is 1. The Kier molecular flexibility index (Phi) is 6.29. The van der Waals surface area contributed by atoms with Crippen LogP contribution in [0, 0.1) is 6.92 Å². The smallest absolute Gasteiger partial charge is 0.340 e. The van der Waals surface area contributed by atoms with E-state index in [4.69, 9.17) is 9.15 Å². The van der Waals surface area contributed by atoms with Gasteiger partial charge in [0.1, 0.15) is 16.9 Å². The summed E-state index contributed by atoms with van der Waals surface area (Å²) in [6, 6.07) is 22.0. The zero-order chi connectivity index (χ0) is 24.5. The Morgan fingerprint density at radius 2 is 1.65 bits per heavy atom. The van der Waals surface area contributed by atoms with E-state index in [1.165, 1.54) is 6.07 Å². The molecule has 3 aromatic carbocycles. The molecule has 0 aliphatic carbocycles. The molecule has 0 aliphatic rings. The van der Waals surface area contributed by atoms with Crippen molar-refractivity contribution >= 4 is 22.6 Å². The van der Waals surface area contributed by atoms with Gasteiger partial charge < -0.3 is 14.5 Å². The third kappa shape index (κ3) is 5.04. The number of benzene rings is 3. The molecule has 4 aromatic rings. The number of nitrogens with one attached hydrogen (secondary N) is 1. The van der Waals surface area contributed by atoms with Crippen molar-refractivity contribution in [1.82, 2.24) is 0 Å². The highest BCUT2D eigenvalue weighted by atomic mass is 16.6. The number of para-hydroxylation sites is 1. The van der Waals surface area contributed by atoms with Gasteiger partial charge in [0.2, 0.25) is 0 Å². The molecule has 1 atom stereocenters. The molecule has 1 unspecified atom stereocenters. The second kappa shape index (κ2) is 9.18. The maximum Gasteiger partial charge on any atom is 0.340 e. The molecule has 1 aromatic heterocycles.